The number of aldehydes is 1. The van der Waals surface area contributed by atoms with Crippen LogP contribution in [0.2, 0.25) is 0 Å². The highest BCUT2D eigenvalue weighted by molar-refractivity contribution is 5.80. The van der Waals surface area contributed by atoms with E-state index in [0.29, 0.717) is 17.9 Å². The normalized spacial score (nSPS) is 8.95. The SMILES string of the molecule is COc1cccc(C=O)c1O.NNc1ccncn1. The molecule has 0 amide bonds. The molecule has 0 bridgehead atoms. The van der Waals surface area contributed by atoms with Gasteiger partial charge in [0.05, 0.1) is 12.7 Å². The smallest absolute Gasteiger partial charge is 0.168 e. The fourth-order valence-electron chi connectivity index (χ4n) is 1.18. The van der Waals surface area contributed by atoms with Gasteiger partial charge in [-0.3, -0.25) is 4.79 Å². The molecule has 0 atom stereocenters. The summed E-state index contributed by atoms with van der Waals surface area (Å²) in [6.07, 6.45) is 3.62. The number of carbonyl (C=O) groups excluding carboxylic acids is 1. The Bertz CT molecular complexity index is 520. The minimum absolute atomic E-state index is 0.106. The zero-order valence-electron chi connectivity index (χ0n) is 10.3. The lowest BCUT2D eigenvalue weighted by atomic mass is 10.2. The van der Waals surface area contributed by atoms with Gasteiger partial charge in [-0.15, -0.1) is 0 Å². The van der Waals surface area contributed by atoms with Crippen molar-refractivity contribution in [3.05, 3.63) is 42.4 Å². The van der Waals surface area contributed by atoms with Crippen molar-refractivity contribution in [2.75, 3.05) is 12.5 Å². The summed E-state index contributed by atoms with van der Waals surface area (Å²) in [6, 6.07) is 6.43. The van der Waals surface area contributed by atoms with E-state index in [9.17, 15) is 9.90 Å². The Labute approximate surface area is 110 Å². The molecule has 0 saturated heterocycles. The molecule has 0 aliphatic heterocycles. The first-order valence-electron chi connectivity index (χ1n) is 5.26. The molecular weight excluding hydrogens is 248 g/mol. The number of phenols is 1. The highest BCUT2D eigenvalue weighted by Crippen LogP contribution is 2.27. The molecular formula is C12H14N4O3. The zero-order chi connectivity index (χ0) is 14.1. The lowest BCUT2D eigenvalue weighted by molar-refractivity contribution is 0.112. The zero-order valence-corrected chi connectivity index (χ0v) is 10.3. The third-order valence-corrected chi connectivity index (χ3v) is 2.11. The molecule has 0 aliphatic rings. The molecule has 0 fully saturated rings. The number of hydrogen-bond donors (Lipinski definition) is 3. The van der Waals surface area contributed by atoms with Crippen molar-refractivity contribution in [3.8, 4) is 11.5 Å². The van der Waals surface area contributed by atoms with Gasteiger partial charge in [-0.1, -0.05) is 6.07 Å². The Balaban J connectivity index is 0.000000200. The summed E-state index contributed by atoms with van der Waals surface area (Å²) in [4.78, 5) is 17.7. The van der Waals surface area contributed by atoms with E-state index >= 15 is 0 Å². The minimum Gasteiger partial charge on any atom is -0.504 e. The van der Waals surface area contributed by atoms with E-state index in [2.05, 4.69) is 15.4 Å². The number of nitrogens with one attached hydrogen (secondary N) is 1. The molecule has 1 heterocycles. The summed E-state index contributed by atoms with van der Waals surface area (Å²) in [7, 11) is 1.43. The van der Waals surface area contributed by atoms with Gasteiger partial charge in [0.25, 0.3) is 0 Å². The Morgan fingerprint density at radius 2 is 2.21 bits per heavy atom. The van der Waals surface area contributed by atoms with Gasteiger partial charge in [-0.25, -0.2) is 15.8 Å². The third kappa shape index (κ3) is 4.25. The van der Waals surface area contributed by atoms with Gasteiger partial charge in [-0.2, -0.15) is 0 Å². The number of nitrogens with zero attached hydrogens (tertiary/aromatic N) is 2. The van der Waals surface area contributed by atoms with Crippen molar-refractivity contribution in [2.45, 2.75) is 0 Å². The van der Waals surface area contributed by atoms with Gasteiger partial charge in [0.2, 0.25) is 0 Å². The molecule has 100 valence electrons. The predicted octanol–water partition coefficient (Wildman–Crippen LogP) is 0.975. The van der Waals surface area contributed by atoms with Crippen LogP contribution in [0.3, 0.4) is 0 Å². The first-order valence-corrected chi connectivity index (χ1v) is 5.26. The third-order valence-electron chi connectivity index (χ3n) is 2.11. The van der Waals surface area contributed by atoms with Crippen LogP contribution < -0.4 is 16.0 Å². The minimum atomic E-state index is -0.106. The molecule has 0 radical (unpaired) electrons. The summed E-state index contributed by atoms with van der Waals surface area (Å²) < 4.78 is 4.78. The van der Waals surface area contributed by atoms with Crippen molar-refractivity contribution >= 4 is 12.1 Å². The highest BCUT2D eigenvalue weighted by Gasteiger charge is 2.04. The molecule has 19 heavy (non-hydrogen) atoms. The summed E-state index contributed by atoms with van der Waals surface area (Å²) >= 11 is 0. The fraction of sp³-hybridized carbons (Fsp3) is 0.0833. The number of ether oxygens (including phenoxy) is 1. The van der Waals surface area contributed by atoms with E-state index in [4.69, 9.17) is 10.6 Å². The lowest BCUT2D eigenvalue weighted by Crippen LogP contribution is -2.07. The van der Waals surface area contributed by atoms with Gasteiger partial charge >= 0.3 is 0 Å². The van der Waals surface area contributed by atoms with Crippen LogP contribution >= 0.6 is 0 Å². The van der Waals surface area contributed by atoms with E-state index in [1.807, 2.05) is 0 Å². The number of rotatable bonds is 3. The number of phenolic OH excluding ortho intramolecular Hbond substituents is 1. The predicted molar refractivity (Wildman–Crippen MR) is 69.9 cm³/mol. The Morgan fingerprint density at radius 3 is 2.68 bits per heavy atom. The molecule has 0 aliphatic carbocycles. The molecule has 0 saturated carbocycles. The molecule has 7 heteroatoms. The van der Waals surface area contributed by atoms with Gasteiger partial charge in [0, 0.05) is 12.3 Å². The van der Waals surface area contributed by atoms with E-state index in [0.717, 1.165) is 0 Å². The maximum atomic E-state index is 10.3. The summed E-state index contributed by atoms with van der Waals surface area (Å²) in [5.74, 6) is 5.84. The number of carbonyl (C=O) groups is 1. The number of nitrogen functional groups attached to an aromatic ring is 1. The summed E-state index contributed by atoms with van der Waals surface area (Å²) in [6.45, 7) is 0. The number of anilines is 1. The van der Waals surface area contributed by atoms with Crippen LogP contribution in [-0.4, -0.2) is 28.5 Å². The van der Waals surface area contributed by atoms with Crippen LogP contribution in [0.15, 0.2) is 36.8 Å². The van der Waals surface area contributed by atoms with Crippen LogP contribution in [0, 0.1) is 0 Å². The maximum Gasteiger partial charge on any atom is 0.168 e. The number of benzene rings is 1. The molecule has 4 N–H and O–H groups in total. The van der Waals surface area contributed by atoms with E-state index in [1.54, 1.807) is 24.4 Å². The average molecular weight is 262 g/mol. The second-order valence-corrected chi connectivity index (χ2v) is 3.25. The van der Waals surface area contributed by atoms with Crippen LogP contribution in [0.5, 0.6) is 11.5 Å². The van der Waals surface area contributed by atoms with Crippen LogP contribution in [0.4, 0.5) is 5.82 Å². The van der Waals surface area contributed by atoms with Crippen molar-refractivity contribution in [2.24, 2.45) is 5.84 Å². The lowest BCUT2D eigenvalue weighted by Gasteiger charge is -2.02. The highest BCUT2D eigenvalue weighted by atomic mass is 16.5. The second kappa shape index (κ2) is 7.62. The van der Waals surface area contributed by atoms with Gasteiger partial charge < -0.3 is 15.3 Å². The molecule has 1 aromatic heterocycles. The van der Waals surface area contributed by atoms with Crippen molar-refractivity contribution in [1.29, 1.82) is 0 Å². The second-order valence-electron chi connectivity index (χ2n) is 3.25. The number of aromatic nitrogens is 2. The van der Waals surface area contributed by atoms with Crippen molar-refractivity contribution in [3.63, 3.8) is 0 Å². The average Bonchev–Trinajstić information content (AvgIpc) is 2.49. The van der Waals surface area contributed by atoms with E-state index < -0.39 is 0 Å². The van der Waals surface area contributed by atoms with Crippen LogP contribution in [0.1, 0.15) is 10.4 Å². The van der Waals surface area contributed by atoms with Crippen LogP contribution in [0.25, 0.3) is 0 Å². The first kappa shape index (κ1) is 14.4. The molecule has 2 aromatic rings. The molecule has 0 unspecified atom stereocenters. The summed E-state index contributed by atoms with van der Waals surface area (Å²) in [5.41, 5.74) is 2.62. The van der Waals surface area contributed by atoms with Crippen LogP contribution in [-0.2, 0) is 0 Å². The number of para-hydroxylation sites is 1. The quantitative estimate of drug-likeness (QED) is 0.429. The van der Waals surface area contributed by atoms with E-state index in [1.165, 1.54) is 19.5 Å². The van der Waals surface area contributed by atoms with Gasteiger partial charge in [0.1, 0.15) is 12.1 Å². The number of hydrogen-bond acceptors (Lipinski definition) is 7. The first-order chi connectivity index (χ1) is 9.22. The molecule has 7 nitrogen and oxygen atoms in total. The summed E-state index contributed by atoms with van der Waals surface area (Å²) in [5, 5.41) is 9.23. The number of methoxy groups -OCH3 is 1. The number of nitrogens with two attached hydrogens (primary N) is 1. The molecule has 2 rings (SSSR count). The van der Waals surface area contributed by atoms with Gasteiger partial charge in [0.15, 0.2) is 17.8 Å². The van der Waals surface area contributed by atoms with Crippen molar-refractivity contribution < 1.29 is 14.6 Å². The largest absolute Gasteiger partial charge is 0.504 e. The molecule has 0 spiro atoms. The number of hydrazine groups is 1. The Morgan fingerprint density at radius 1 is 1.42 bits per heavy atom. The monoisotopic (exact) mass is 262 g/mol. The molecule has 1 aromatic carbocycles. The standard InChI is InChI=1S/C8H8O3.C4H6N4/c1-11-7-4-2-3-6(5-9)8(7)10;5-8-4-1-2-6-3-7-4/h2-5,10H,1H3;1-3H,5H2,(H,6,7,8). The fourth-order valence-corrected chi connectivity index (χ4v) is 1.18. The Kier molecular flexibility index (Phi) is 5.77. The number of aromatic hydroxyl groups is 1. The van der Waals surface area contributed by atoms with E-state index in [-0.39, 0.29) is 11.3 Å². The Hall–Kier alpha value is -2.67. The maximum absolute atomic E-state index is 10.3. The van der Waals surface area contributed by atoms with Gasteiger partial charge in [-0.05, 0) is 12.1 Å². The van der Waals surface area contributed by atoms with Crippen molar-refractivity contribution in [1.82, 2.24) is 9.97 Å². The topological polar surface area (TPSA) is 110 Å².